The van der Waals surface area contributed by atoms with Gasteiger partial charge in [0.25, 0.3) is 0 Å². The van der Waals surface area contributed by atoms with Gasteiger partial charge < -0.3 is 14.6 Å². The number of carbonyl (C=O) groups is 1. The average Bonchev–Trinajstić information content (AvgIpc) is 2.89. The first-order valence-corrected chi connectivity index (χ1v) is 7.13. The van der Waals surface area contributed by atoms with Gasteiger partial charge in [0.05, 0.1) is 13.7 Å². The van der Waals surface area contributed by atoms with Gasteiger partial charge in [-0.05, 0) is 49.4 Å². The normalized spacial score (nSPS) is 20.1. The molecule has 1 aliphatic rings. The molecular weight excluding hydrogens is 256 g/mol. The van der Waals surface area contributed by atoms with E-state index in [2.05, 4.69) is 0 Å². The smallest absolute Gasteiger partial charge is 0.338 e. The van der Waals surface area contributed by atoms with Crippen LogP contribution in [-0.4, -0.2) is 30.4 Å². The minimum Gasteiger partial charge on any atom is -0.497 e. The van der Waals surface area contributed by atoms with Crippen LogP contribution in [0.15, 0.2) is 18.2 Å². The van der Waals surface area contributed by atoms with Gasteiger partial charge in [-0.25, -0.2) is 4.79 Å². The number of carbonyl (C=O) groups excluding carboxylic acids is 1. The van der Waals surface area contributed by atoms with Crippen LogP contribution in [0, 0.1) is 0 Å². The molecule has 0 fully saturated rings. The lowest BCUT2D eigenvalue weighted by atomic mass is 9.81. The van der Waals surface area contributed by atoms with Crippen molar-refractivity contribution in [1.82, 2.24) is 0 Å². The number of rotatable bonds is 5. The number of aryl methyl sites for hydroxylation is 1. The molecule has 0 saturated heterocycles. The van der Waals surface area contributed by atoms with E-state index < -0.39 is 11.6 Å². The van der Waals surface area contributed by atoms with E-state index in [1.54, 1.807) is 14.0 Å². The molecule has 0 aromatic heterocycles. The number of methoxy groups -OCH3 is 1. The molecular formula is C16H22O4. The first-order chi connectivity index (χ1) is 9.56. The summed E-state index contributed by atoms with van der Waals surface area (Å²) in [5.74, 6) is -0.00205. The molecule has 1 aromatic carbocycles. The molecule has 110 valence electrons. The largest absolute Gasteiger partial charge is 0.497 e. The Kier molecular flexibility index (Phi) is 4.33. The number of hydrogen-bond donors (Lipinski definition) is 1. The minimum atomic E-state index is -1.45. The highest BCUT2D eigenvalue weighted by Gasteiger charge is 2.47. The summed E-state index contributed by atoms with van der Waals surface area (Å²) in [5, 5.41) is 10.8. The zero-order valence-corrected chi connectivity index (χ0v) is 12.3. The Hall–Kier alpha value is -1.55. The quantitative estimate of drug-likeness (QED) is 0.840. The number of benzene rings is 1. The Labute approximate surface area is 119 Å². The number of esters is 1. The average molecular weight is 278 g/mol. The van der Waals surface area contributed by atoms with E-state index in [-0.39, 0.29) is 12.5 Å². The van der Waals surface area contributed by atoms with E-state index in [0.29, 0.717) is 6.42 Å². The van der Waals surface area contributed by atoms with Crippen molar-refractivity contribution >= 4 is 5.97 Å². The van der Waals surface area contributed by atoms with Crippen molar-refractivity contribution in [2.75, 3.05) is 13.7 Å². The van der Waals surface area contributed by atoms with Gasteiger partial charge in [0.2, 0.25) is 0 Å². The van der Waals surface area contributed by atoms with Crippen molar-refractivity contribution in [3.63, 3.8) is 0 Å². The third kappa shape index (κ3) is 2.40. The Morgan fingerprint density at radius 3 is 2.80 bits per heavy atom. The minimum absolute atomic E-state index is 0.225. The lowest BCUT2D eigenvalue weighted by molar-refractivity contribution is -0.168. The molecule has 2 rings (SSSR count). The fourth-order valence-electron chi connectivity index (χ4n) is 2.99. The Balaban J connectivity index is 2.37. The molecule has 4 heteroatoms. The molecule has 0 heterocycles. The molecule has 2 unspecified atom stereocenters. The van der Waals surface area contributed by atoms with Gasteiger partial charge in [-0.2, -0.15) is 0 Å². The SMILES string of the molecule is CCOC(=O)C(O)(CC)C1CCc2ccc(OC)cc21. The molecule has 0 amide bonds. The van der Waals surface area contributed by atoms with E-state index >= 15 is 0 Å². The van der Waals surface area contributed by atoms with E-state index in [9.17, 15) is 9.90 Å². The number of hydrogen-bond acceptors (Lipinski definition) is 4. The monoisotopic (exact) mass is 278 g/mol. The second kappa shape index (κ2) is 5.83. The summed E-state index contributed by atoms with van der Waals surface area (Å²) < 4.78 is 10.3. The van der Waals surface area contributed by atoms with E-state index in [1.807, 2.05) is 25.1 Å². The van der Waals surface area contributed by atoms with Crippen LogP contribution in [0.1, 0.15) is 43.7 Å². The van der Waals surface area contributed by atoms with Crippen LogP contribution in [0.2, 0.25) is 0 Å². The van der Waals surface area contributed by atoms with Crippen molar-refractivity contribution in [2.45, 2.75) is 44.6 Å². The van der Waals surface area contributed by atoms with Crippen LogP contribution in [0.3, 0.4) is 0 Å². The first-order valence-electron chi connectivity index (χ1n) is 7.13. The topological polar surface area (TPSA) is 55.8 Å². The summed E-state index contributed by atoms with van der Waals surface area (Å²) in [4.78, 5) is 12.1. The highest BCUT2D eigenvalue weighted by molar-refractivity contribution is 5.81. The summed E-state index contributed by atoms with van der Waals surface area (Å²) in [6, 6.07) is 5.85. The van der Waals surface area contributed by atoms with Gasteiger partial charge in [-0.1, -0.05) is 13.0 Å². The molecule has 4 nitrogen and oxygen atoms in total. The van der Waals surface area contributed by atoms with Gasteiger partial charge >= 0.3 is 5.97 Å². The van der Waals surface area contributed by atoms with Gasteiger partial charge in [0, 0.05) is 5.92 Å². The van der Waals surface area contributed by atoms with Crippen molar-refractivity contribution in [3.05, 3.63) is 29.3 Å². The van der Waals surface area contributed by atoms with Crippen molar-refractivity contribution in [1.29, 1.82) is 0 Å². The molecule has 0 bridgehead atoms. The second-order valence-electron chi connectivity index (χ2n) is 5.15. The molecule has 0 aliphatic heterocycles. The molecule has 1 aliphatic carbocycles. The lowest BCUT2D eigenvalue weighted by Gasteiger charge is -2.31. The van der Waals surface area contributed by atoms with Gasteiger partial charge in [-0.3, -0.25) is 0 Å². The fourth-order valence-corrected chi connectivity index (χ4v) is 2.99. The highest BCUT2D eigenvalue weighted by atomic mass is 16.5. The van der Waals surface area contributed by atoms with Crippen molar-refractivity contribution < 1.29 is 19.4 Å². The first kappa shape index (κ1) is 14.9. The van der Waals surface area contributed by atoms with E-state index in [0.717, 1.165) is 24.2 Å². The van der Waals surface area contributed by atoms with E-state index in [1.165, 1.54) is 5.56 Å². The summed E-state index contributed by atoms with van der Waals surface area (Å²) in [5.41, 5.74) is 0.724. The van der Waals surface area contributed by atoms with Gasteiger partial charge in [-0.15, -0.1) is 0 Å². The zero-order valence-electron chi connectivity index (χ0n) is 12.3. The van der Waals surface area contributed by atoms with Crippen LogP contribution in [0.5, 0.6) is 5.75 Å². The maximum Gasteiger partial charge on any atom is 0.338 e. The fraction of sp³-hybridized carbons (Fsp3) is 0.562. The maximum absolute atomic E-state index is 12.1. The lowest BCUT2D eigenvalue weighted by Crippen LogP contribution is -2.44. The number of ether oxygens (including phenoxy) is 2. The van der Waals surface area contributed by atoms with Gasteiger partial charge in [0.15, 0.2) is 5.60 Å². The standard InChI is InChI=1S/C16H22O4/c1-4-16(18,15(17)20-5-2)14-9-7-11-6-8-12(19-3)10-13(11)14/h6,8,10,14,18H,4-5,7,9H2,1-3H3. The predicted molar refractivity (Wildman–Crippen MR) is 75.9 cm³/mol. The Morgan fingerprint density at radius 1 is 1.45 bits per heavy atom. The van der Waals surface area contributed by atoms with Gasteiger partial charge in [0.1, 0.15) is 5.75 Å². The summed E-state index contributed by atoms with van der Waals surface area (Å²) >= 11 is 0. The number of aliphatic hydroxyl groups is 1. The van der Waals surface area contributed by atoms with Crippen LogP contribution < -0.4 is 4.74 Å². The molecule has 0 radical (unpaired) electrons. The van der Waals surface area contributed by atoms with Crippen molar-refractivity contribution in [3.8, 4) is 5.75 Å². The highest BCUT2D eigenvalue weighted by Crippen LogP contribution is 2.43. The second-order valence-corrected chi connectivity index (χ2v) is 5.15. The van der Waals surface area contributed by atoms with Crippen LogP contribution in [-0.2, 0) is 16.0 Å². The molecule has 2 atom stereocenters. The summed E-state index contributed by atoms with van der Waals surface area (Å²) in [7, 11) is 1.61. The number of fused-ring (bicyclic) bond motifs is 1. The summed E-state index contributed by atoms with van der Waals surface area (Å²) in [6.07, 6.45) is 1.96. The summed E-state index contributed by atoms with van der Waals surface area (Å²) in [6.45, 7) is 3.84. The third-order valence-corrected chi connectivity index (χ3v) is 4.18. The van der Waals surface area contributed by atoms with Crippen LogP contribution in [0.25, 0.3) is 0 Å². The van der Waals surface area contributed by atoms with Crippen LogP contribution >= 0.6 is 0 Å². The molecule has 1 N–H and O–H groups in total. The predicted octanol–water partition coefficient (Wildman–Crippen LogP) is 2.43. The Bertz CT molecular complexity index is 497. The molecule has 0 saturated carbocycles. The molecule has 20 heavy (non-hydrogen) atoms. The molecule has 0 spiro atoms. The third-order valence-electron chi connectivity index (χ3n) is 4.18. The van der Waals surface area contributed by atoms with Crippen LogP contribution in [0.4, 0.5) is 0 Å². The zero-order chi connectivity index (χ0) is 14.8. The Morgan fingerprint density at radius 2 is 2.20 bits per heavy atom. The maximum atomic E-state index is 12.1. The van der Waals surface area contributed by atoms with Crippen molar-refractivity contribution in [2.24, 2.45) is 0 Å². The van der Waals surface area contributed by atoms with E-state index in [4.69, 9.17) is 9.47 Å². The molecule has 1 aromatic rings.